The van der Waals surface area contributed by atoms with E-state index in [0.717, 1.165) is 12.8 Å². The van der Waals surface area contributed by atoms with Crippen LogP contribution in [-0.2, 0) is 0 Å². The molecule has 0 aliphatic carbocycles. The number of rotatable bonds is 5. The van der Waals surface area contributed by atoms with E-state index in [2.05, 4.69) is 22.9 Å². The molecule has 0 spiro atoms. The van der Waals surface area contributed by atoms with Gasteiger partial charge in [-0.05, 0) is 24.6 Å². The van der Waals surface area contributed by atoms with Crippen LogP contribution >= 0.6 is 15.9 Å². The van der Waals surface area contributed by atoms with E-state index in [9.17, 15) is 9.59 Å². The van der Waals surface area contributed by atoms with Gasteiger partial charge in [-0.1, -0.05) is 29.3 Å². The van der Waals surface area contributed by atoms with Crippen molar-refractivity contribution >= 4 is 27.8 Å². The molecule has 0 fully saturated rings. The van der Waals surface area contributed by atoms with Crippen LogP contribution in [0.1, 0.15) is 40.5 Å². The van der Waals surface area contributed by atoms with E-state index < -0.39 is 5.97 Å². The Morgan fingerprint density at radius 3 is 2.44 bits per heavy atom. The molecule has 1 aromatic carbocycles. The zero-order valence-corrected chi connectivity index (χ0v) is 12.0. The molecule has 0 aromatic heterocycles. The summed E-state index contributed by atoms with van der Waals surface area (Å²) in [6, 6.07) is 4.51. The molecule has 98 valence electrons. The Labute approximate surface area is 115 Å². The van der Waals surface area contributed by atoms with Gasteiger partial charge in [0.05, 0.1) is 5.56 Å². The average Bonchev–Trinajstić information content (AvgIpc) is 2.34. The summed E-state index contributed by atoms with van der Waals surface area (Å²) in [6.07, 6.45) is 1.94. The molecular formula is C13H16BrNO3. The highest BCUT2D eigenvalue weighted by Gasteiger charge is 2.14. The summed E-state index contributed by atoms with van der Waals surface area (Å²) >= 11 is 3.22. The second-order valence-electron chi connectivity index (χ2n) is 4.11. The standard InChI is InChI=1S/C13H16BrNO3/c1-3-4-5-15(2)12(16)9-6-10(13(17)18)8-11(14)7-9/h6-8H,3-5H2,1-2H3,(H,17,18). The van der Waals surface area contributed by atoms with Gasteiger partial charge in [0, 0.05) is 23.6 Å². The predicted molar refractivity (Wildman–Crippen MR) is 73.0 cm³/mol. The minimum absolute atomic E-state index is 0.108. The van der Waals surface area contributed by atoms with Crippen molar-refractivity contribution in [1.29, 1.82) is 0 Å². The third-order valence-corrected chi connectivity index (χ3v) is 3.04. The molecule has 0 bridgehead atoms. The molecule has 4 nitrogen and oxygen atoms in total. The largest absolute Gasteiger partial charge is 0.478 e. The van der Waals surface area contributed by atoms with E-state index in [-0.39, 0.29) is 11.5 Å². The average molecular weight is 314 g/mol. The number of carbonyl (C=O) groups is 2. The number of hydrogen-bond donors (Lipinski definition) is 1. The third kappa shape index (κ3) is 3.84. The molecule has 0 aliphatic heterocycles. The molecule has 0 aliphatic rings. The molecule has 5 heteroatoms. The SMILES string of the molecule is CCCCN(C)C(=O)c1cc(Br)cc(C(=O)O)c1. The number of carbonyl (C=O) groups excluding carboxylic acids is 1. The monoisotopic (exact) mass is 313 g/mol. The Morgan fingerprint density at radius 2 is 1.89 bits per heavy atom. The quantitative estimate of drug-likeness (QED) is 0.909. The van der Waals surface area contributed by atoms with E-state index in [1.54, 1.807) is 18.0 Å². The van der Waals surface area contributed by atoms with Crippen molar-refractivity contribution < 1.29 is 14.7 Å². The normalized spacial score (nSPS) is 10.2. The minimum Gasteiger partial charge on any atom is -0.478 e. The first-order valence-electron chi connectivity index (χ1n) is 5.75. The molecule has 1 N–H and O–H groups in total. The lowest BCUT2D eigenvalue weighted by Crippen LogP contribution is -2.27. The van der Waals surface area contributed by atoms with Crippen LogP contribution in [-0.4, -0.2) is 35.5 Å². The fraction of sp³-hybridized carbons (Fsp3) is 0.385. The summed E-state index contributed by atoms with van der Waals surface area (Å²) in [4.78, 5) is 24.6. The second-order valence-corrected chi connectivity index (χ2v) is 5.03. The Morgan fingerprint density at radius 1 is 1.28 bits per heavy atom. The maximum Gasteiger partial charge on any atom is 0.335 e. The number of aromatic carboxylic acids is 1. The third-order valence-electron chi connectivity index (χ3n) is 2.59. The lowest BCUT2D eigenvalue weighted by Gasteiger charge is -2.17. The summed E-state index contributed by atoms with van der Waals surface area (Å²) in [5, 5.41) is 8.95. The highest BCUT2D eigenvalue weighted by atomic mass is 79.9. The maximum atomic E-state index is 12.1. The van der Waals surface area contributed by atoms with Gasteiger partial charge in [0.2, 0.25) is 0 Å². The fourth-order valence-electron chi connectivity index (χ4n) is 1.55. The minimum atomic E-state index is -1.04. The van der Waals surface area contributed by atoms with Crippen LogP contribution in [0.25, 0.3) is 0 Å². The molecule has 0 saturated heterocycles. The number of amides is 1. The molecule has 0 radical (unpaired) electrons. The zero-order valence-electron chi connectivity index (χ0n) is 10.4. The number of nitrogens with zero attached hydrogens (tertiary/aromatic N) is 1. The van der Waals surface area contributed by atoms with Crippen molar-refractivity contribution in [3.05, 3.63) is 33.8 Å². The van der Waals surface area contributed by atoms with Crippen molar-refractivity contribution in [3.63, 3.8) is 0 Å². The Kier molecular flexibility index (Phi) is 5.34. The second kappa shape index (κ2) is 6.54. The van der Waals surface area contributed by atoms with Gasteiger partial charge in [0.25, 0.3) is 5.91 Å². The summed E-state index contributed by atoms with van der Waals surface area (Å²) in [5.74, 6) is -1.20. The van der Waals surface area contributed by atoms with Gasteiger partial charge in [-0.3, -0.25) is 4.79 Å². The van der Waals surface area contributed by atoms with E-state index in [4.69, 9.17) is 5.11 Å². The number of benzene rings is 1. The molecule has 1 amide bonds. The maximum absolute atomic E-state index is 12.1. The van der Waals surface area contributed by atoms with Gasteiger partial charge in [0.15, 0.2) is 0 Å². The van der Waals surface area contributed by atoms with Crippen molar-refractivity contribution in [2.75, 3.05) is 13.6 Å². The zero-order chi connectivity index (χ0) is 13.7. The number of carboxylic acid groups (broad SMARTS) is 1. The topological polar surface area (TPSA) is 57.6 Å². The van der Waals surface area contributed by atoms with E-state index in [1.165, 1.54) is 12.1 Å². The van der Waals surface area contributed by atoms with Crippen molar-refractivity contribution in [1.82, 2.24) is 4.90 Å². The summed E-state index contributed by atoms with van der Waals surface area (Å²) in [6.45, 7) is 2.73. The van der Waals surface area contributed by atoms with Crippen LogP contribution < -0.4 is 0 Å². The molecule has 1 rings (SSSR count). The van der Waals surface area contributed by atoms with E-state index in [0.29, 0.717) is 16.6 Å². The van der Waals surface area contributed by atoms with Gasteiger partial charge in [-0.25, -0.2) is 4.79 Å². The smallest absolute Gasteiger partial charge is 0.335 e. The Bertz CT molecular complexity index is 460. The molecule has 0 saturated carbocycles. The number of hydrogen-bond acceptors (Lipinski definition) is 2. The predicted octanol–water partition coefficient (Wildman–Crippen LogP) is 3.02. The van der Waals surface area contributed by atoms with Crippen LogP contribution in [0.15, 0.2) is 22.7 Å². The van der Waals surface area contributed by atoms with E-state index in [1.807, 2.05) is 0 Å². The highest BCUT2D eigenvalue weighted by Crippen LogP contribution is 2.17. The summed E-state index contributed by atoms with van der Waals surface area (Å²) < 4.78 is 0.592. The number of carboxylic acids is 1. The lowest BCUT2D eigenvalue weighted by molar-refractivity contribution is 0.0697. The van der Waals surface area contributed by atoms with E-state index >= 15 is 0 Å². The number of halogens is 1. The van der Waals surface area contributed by atoms with Crippen LogP contribution in [0.5, 0.6) is 0 Å². The molecular weight excluding hydrogens is 298 g/mol. The van der Waals surface area contributed by atoms with Crippen molar-refractivity contribution in [2.24, 2.45) is 0 Å². The van der Waals surface area contributed by atoms with Gasteiger partial charge in [0.1, 0.15) is 0 Å². The van der Waals surface area contributed by atoms with Crippen LogP contribution in [0.3, 0.4) is 0 Å². The molecule has 0 atom stereocenters. The Balaban J connectivity index is 2.95. The fourth-order valence-corrected chi connectivity index (χ4v) is 2.05. The van der Waals surface area contributed by atoms with Crippen molar-refractivity contribution in [2.45, 2.75) is 19.8 Å². The van der Waals surface area contributed by atoms with Crippen LogP contribution in [0.2, 0.25) is 0 Å². The molecule has 18 heavy (non-hydrogen) atoms. The van der Waals surface area contributed by atoms with Gasteiger partial charge in [-0.2, -0.15) is 0 Å². The molecule has 0 unspecified atom stereocenters. The Hall–Kier alpha value is -1.36. The highest BCUT2D eigenvalue weighted by molar-refractivity contribution is 9.10. The first kappa shape index (κ1) is 14.7. The molecule has 0 heterocycles. The molecule has 1 aromatic rings. The first-order chi connectivity index (χ1) is 8.45. The van der Waals surface area contributed by atoms with Crippen LogP contribution in [0, 0.1) is 0 Å². The summed E-state index contributed by atoms with van der Waals surface area (Å²) in [7, 11) is 1.72. The number of unbranched alkanes of at least 4 members (excludes halogenated alkanes) is 1. The lowest BCUT2D eigenvalue weighted by atomic mass is 10.1. The van der Waals surface area contributed by atoms with Gasteiger partial charge in [-0.15, -0.1) is 0 Å². The van der Waals surface area contributed by atoms with Crippen LogP contribution in [0.4, 0.5) is 0 Å². The van der Waals surface area contributed by atoms with Gasteiger partial charge >= 0.3 is 5.97 Å². The van der Waals surface area contributed by atoms with Crippen molar-refractivity contribution in [3.8, 4) is 0 Å². The summed E-state index contributed by atoms with van der Waals surface area (Å²) in [5.41, 5.74) is 0.497. The van der Waals surface area contributed by atoms with Gasteiger partial charge < -0.3 is 10.0 Å². The first-order valence-corrected chi connectivity index (χ1v) is 6.54.